The highest BCUT2D eigenvalue weighted by molar-refractivity contribution is 14.1. The molecule has 6 nitrogen and oxygen atoms in total. The van der Waals surface area contributed by atoms with Crippen LogP contribution in [0.1, 0.15) is 0 Å². The van der Waals surface area contributed by atoms with E-state index in [-0.39, 0.29) is 16.9 Å². The molecule has 0 amide bonds. The summed E-state index contributed by atoms with van der Waals surface area (Å²) in [4.78, 5) is 18.4. The largest absolute Gasteiger partial charge is 0.493 e. The molecule has 0 bridgehead atoms. The molecule has 0 aliphatic carbocycles. The van der Waals surface area contributed by atoms with Crippen molar-refractivity contribution in [2.75, 3.05) is 0 Å². The maximum atomic E-state index is 11.1. The molecule has 0 atom stereocenters. The number of fused-ring (bicyclic) bond motifs is 1. The average molecular weight is 305 g/mol. The molecule has 0 spiro atoms. The molecule has 2 aromatic heterocycles. The number of rotatable bonds is 0. The number of hydrogen-bond donors (Lipinski definition) is 2. The Morgan fingerprint density at radius 3 is 2.86 bits per heavy atom. The predicted molar refractivity (Wildman–Crippen MR) is 55.4 cm³/mol. The van der Waals surface area contributed by atoms with Crippen molar-refractivity contribution in [3.05, 3.63) is 26.3 Å². The molecule has 0 unspecified atom stereocenters. The number of hydrogen-bond acceptors (Lipinski definition) is 5. The van der Waals surface area contributed by atoms with Crippen molar-refractivity contribution in [3.8, 4) is 5.88 Å². The minimum absolute atomic E-state index is 0.00519. The quantitative estimate of drug-likeness (QED) is 0.541. The van der Waals surface area contributed by atoms with Crippen LogP contribution in [0.15, 0.2) is 17.2 Å². The minimum atomic E-state index is -0.597. The Hall–Kier alpha value is -1.38. The smallest absolute Gasteiger partial charge is 0.285 e. The molecule has 7 heteroatoms. The van der Waals surface area contributed by atoms with Gasteiger partial charge in [0.1, 0.15) is 6.33 Å². The van der Waals surface area contributed by atoms with Crippen LogP contribution in [0.3, 0.4) is 0 Å². The zero-order valence-corrected chi connectivity index (χ0v) is 8.83. The van der Waals surface area contributed by atoms with Gasteiger partial charge >= 0.3 is 0 Å². The van der Waals surface area contributed by atoms with Gasteiger partial charge in [0.2, 0.25) is 5.88 Å². The minimum Gasteiger partial charge on any atom is -0.493 e. The Morgan fingerprint density at radius 1 is 1.43 bits per heavy atom. The second kappa shape index (κ2) is 3.08. The first-order chi connectivity index (χ1) is 6.61. The first-order valence-electron chi connectivity index (χ1n) is 3.55. The number of aromatic nitrogens is 3. The van der Waals surface area contributed by atoms with Crippen LogP contribution in [0.4, 0.5) is 0 Å². The molecule has 0 aliphatic heterocycles. The van der Waals surface area contributed by atoms with Gasteiger partial charge in [-0.05, 0) is 22.6 Å². The summed E-state index contributed by atoms with van der Waals surface area (Å²) in [5, 5.41) is 19.0. The van der Waals surface area contributed by atoms with Crippen molar-refractivity contribution in [2.45, 2.75) is 0 Å². The first-order valence-corrected chi connectivity index (χ1v) is 4.63. The molecular formula is C7H4IN3O3. The first kappa shape index (κ1) is 9.19. The van der Waals surface area contributed by atoms with Crippen molar-refractivity contribution in [1.82, 2.24) is 14.7 Å². The van der Waals surface area contributed by atoms with Crippen LogP contribution < -0.4 is 5.56 Å². The standard InChI is InChI=1S/C7H4IN3O3/c8-3-1-4(12)11(14)6-5(3)7(13)10-2-9-6/h1-2,14H,(H,9,10,13). The summed E-state index contributed by atoms with van der Waals surface area (Å²) in [6.07, 6.45) is 1.07. The van der Waals surface area contributed by atoms with E-state index in [1.165, 1.54) is 6.07 Å². The maximum absolute atomic E-state index is 11.1. The normalized spacial score (nSPS) is 10.6. The molecule has 0 saturated carbocycles. The van der Waals surface area contributed by atoms with Gasteiger partial charge in [0.15, 0.2) is 5.65 Å². The lowest BCUT2D eigenvalue weighted by molar-refractivity contribution is 0.186. The van der Waals surface area contributed by atoms with E-state index in [0.717, 1.165) is 6.33 Å². The Bertz CT molecular complexity index is 566. The fourth-order valence-electron chi connectivity index (χ4n) is 1.09. The highest BCUT2D eigenvalue weighted by Crippen LogP contribution is 2.23. The lowest BCUT2D eigenvalue weighted by atomic mass is 10.3. The summed E-state index contributed by atoms with van der Waals surface area (Å²) in [6.45, 7) is 0. The molecule has 0 fully saturated rings. The highest BCUT2D eigenvalue weighted by atomic mass is 127. The second-order valence-electron chi connectivity index (χ2n) is 2.54. The third-order valence-electron chi connectivity index (χ3n) is 1.71. The van der Waals surface area contributed by atoms with Gasteiger partial charge in [0, 0.05) is 9.64 Å². The van der Waals surface area contributed by atoms with E-state index in [0.29, 0.717) is 8.30 Å². The summed E-state index contributed by atoms with van der Waals surface area (Å²) in [5.41, 5.74) is -0.602. The van der Waals surface area contributed by atoms with Gasteiger partial charge in [-0.25, -0.2) is 9.97 Å². The van der Waals surface area contributed by atoms with Crippen molar-refractivity contribution >= 4 is 33.6 Å². The highest BCUT2D eigenvalue weighted by Gasteiger charge is 2.11. The number of halogens is 1. The summed E-state index contributed by atoms with van der Waals surface area (Å²) in [5.74, 6) is -0.262. The van der Waals surface area contributed by atoms with Gasteiger partial charge in [-0.3, -0.25) is 4.79 Å². The molecule has 0 aliphatic rings. The zero-order chi connectivity index (χ0) is 10.3. The molecule has 14 heavy (non-hydrogen) atoms. The van der Waals surface area contributed by atoms with Crippen molar-refractivity contribution in [3.63, 3.8) is 0 Å². The Kier molecular flexibility index (Phi) is 2.02. The fraction of sp³-hybridized carbons (Fsp3) is 0. The van der Waals surface area contributed by atoms with Crippen LogP contribution in [0.5, 0.6) is 5.88 Å². The molecule has 2 heterocycles. The summed E-state index contributed by atoms with van der Waals surface area (Å²) in [7, 11) is 0. The molecule has 0 saturated heterocycles. The molecule has 2 rings (SSSR count). The lowest BCUT2D eigenvalue weighted by Gasteiger charge is -2.03. The van der Waals surface area contributed by atoms with Crippen LogP contribution in [-0.2, 0) is 0 Å². The Balaban J connectivity index is 3.10. The van der Waals surface area contributed by atoms with E-state index in [4.69, 9.17) is 0 Å². The monoisotopic (exact) mass is 305 g/mol. The molecule has 2 N–H and O–H groups in total. The van der Waals surface area contributed by atoms with Crippen molar-refractivity contribution in [1.29, 1.82) is 0 Å². The van der Waals surface area contributed by atoms with E-state index in [2.05, 4.69) is 9.97 Å². The van der Waals surface area contributed by atoms with Crippen LogP contribution in [0, 0.1) is 3.57 Å². The third kappa shape index (κ3) is 1.20. The van der Waals surface area contributed by atoms with Gasteiger partial charge in [0.25, 0.3) is 5.56 Å². The van der Waals surface area contributed by atoms with Crippen LogP contribution >= 0.6 is 22.6 Å². The molecule has 72 valence electrons. The predicted octanol–water partition coefficient (Wildman–Crippen LogP) is 0.339. The van der Waals surface area contributed by atoms with Crippen LogP contribution in [-0.4, -0.2) is 25.0 Å². The van der Waals surface area contributed by atoms with Gasteiger partial charge < -0.3 is 10.3 Å². The SMILES string of the molecule is O=c1cc(I)c2c(O)ncnc2n1O. The van der Waals surface area contributed by atoms with E-state index in [9.17, 15) is 15.1 Å². The maximum Gasteiger partial charge on any atom is 0.285 e. The summed E-state index contributed by atoms with van der Waals surface area (Å²) in [6, 6.07) is 1.19. The summed E-state index contributed by atoms with van der Waals surface area (Å²) < 4.78 is 0.866. The molecule has 0 aromatic carbocycles. The van der Waals surface area contributed by atoms with E-state index in [1.807, 2.05) is 22.6 Å². The second-order valence-corrected chi connectivity index (χ2v) is 3.70. The van der Waals surface area contributed by atoms with Gasteiger partial charge in [-0.1, -0.05) is 0 Å². The van der Waals surface area contributed by atoms with Crippen LogP contribution in [0.25, 0.3) is 11.0 Å². The van der Waals surface area contributed by atoms with Crippen molar-refractivity contribution < 1.29 is 10.3 Å². The summed E-state index contributed by atoms with van der Waals surface area (Å²) >= 11 is 1.86. The lowest BCUT2D eigenvalue weighted by Crippen LogP contribution is -2.18. The van der Waals surface area contributed by atoms with Gasteiger partial charge in [-0.15, -0.1) is 4.73 Å². The molecule has 0 radical (unpaired) electrons. The zero-order valence-electron chi connectivity index (χ0n) is 6.68. The van der Waals surface area contributed by atoms with E-state index in [1.54, 1.807) is 0 Å². The number of nitrogens with zero attached hydrogens (tertiary/aromatic N) is 3. The van der Waals surface area contributed by atoms with Crippen molar-refractivity contribution in [2.24, 2.45) is 0 Å². The average Bonchev–Trinajstić information content (AvgIpc) is 2.14. The number of aromatic hydroxyl groups is 1. The third-order valence-corrected chi connectivity index (χ3v) is 2.56. The number of pyridine rings is 1. The van der Waals surface area contributed by atoms with E-state index < -0.39 is 5.56 Å². The van der Waals surface area contributed by atoms with Gasteiger partial charge in [0.05, 0.1) is 5.39 Å². The molecular weight excluding hydrogens is 301 g/mol. The van der Waals surface area contributed by atoms with Gasteiger partial charge in [-0.2, -0.15) is 0 Å². The van der Waals surface area contributed by atoms with E-state index >= 15 is 0 Å². The Labute approximate surface area is 90.9 Å². The Morgan fingerprint density at radius 2 is 2.14 bits per heavy atom. The topological polar surface area (TPSA) is 88.2 Å². The fourth-order valence-corrected chi connectivity index (χ4v) is 1.84. The van der Waals surface area contributed by atoms with Crippen LogP contribution in [0.2, 0.25) is 0 Å². The molecule has 2 aromatic rings.